The first-order chi connectivity index (χ1) is 9.59. The number of anilines is 1. The van der Waals surface area contributed by atoms with Crippen LogP contribution in [0, 0.1) is 5.92 Å². The standard InChI is InChI=1S/C16H23NO3/c1-12-5-4-10-16(11-12,20-3)15(18)17-13-6-8-14(19-2)9-7-13/h6-9,12H,4-5,10-11H2,1-3H3,(H,17,18)/t12-,16+/m0/s1. The second-order valence-electron chi connectivity index (χ2n) is 5.58. The highest BCUT2D eigenvalue weighted by Crippen LogP contribution is 2.35. The summed E-state index contributed by atoms with van der Waals surface area (Å²) in [5.74, 6) is 1.25. The summed E-state index contributed by atoms with van der Waals surface area (Å²) < 4.78 is 10.7. The Morgan fingerprint density at radius 2 is 2.00 bits per heavy atom. The Bertz CT molecular complexity index is 457. The van der Waals surface area contributed by atoms with Gasteiger partial charge in [-0.15, -0.1) is 0 Å². The summed E-state index contributed by atoms with van der Waals surface area (Å²) in [5, 5.41) is 2.96. The third-order valence-electron chi connectivity index (χ3n) is 4.11. The van der Waals surface area contributed by atoms with Crippen LogP contribution in [0.3, 0.4) is 0 Å². The maximum atomic E-state index is 12.6. The van der Waals surface area contributed by atoms with E-state index in [1.54, 1.807) is 14.2 Å². The number of benzene rings is 1. The highest BCUT2D eigenvalue weighted by Gasteiger charge is 2.41. The average Bonchev–Trinajstić information content (AvgIpc) is 2.47. The number of amides is 1. The molecule has 0 heterocycles. The molecule has 110 valence electrons. The zero-order valence-corrected chi connectivity index (χ0v) is 12.4. The van der Waals surface area contributed by atoms with Crippen molar-refractivity contribution in [2.24, 2.45) is 5.92 Å². The van der Waals surface area contributed by atoms with E-state index in [0.29, 0.717) is 5.92 Å². The minimum absolute atomic E-state index is 0.0447. The topological polar surface area (TPSA) is 47.6 Å². The van der Waals surface area contributed by atoms with E-state index in [-0.39, 0.29) is 5.91 Å². The zero-order valence-electron chi connectivity index (χ0n) is 12.4. The van der Waals surface area contributed by atoms with Crippen LogP contribution in [-0.4, -0.2) is 25.7 Å². The van der Waals surface area contributed by atoms with Crippen LogP contribution in [0.4, 0.5) is 5.69 Å². The first kappa shape index (κ1) is 14.9. The highest BCUT2D eigenvalue weighted by molar-refractivity contribution is 5.97. The van der Waals surface area contributed by atoms with Crippen molar-refractivity contribution in [1.29, 1.82) is 0 Å². The van der Waals surface area contributed by atoms with Gasteiger partial charge < -0.3 is 14.8 Å². The third kappa shape index (κ3) is 3.12. The van der Waals surface area contributed by atoms with Gasteiger partial charge in [-0.3, -0.25) is 4.79 Å². The van der Waals surface area contributed by atoms with Crippen molar-refractivity contribution in [1.82, 2.24) is 0 Å². The predicted octanol–water partition coefficient (Wildman–Crippen LogP) is 3.23. The summed E-state index contributed by atoms with van der Waals surface area (Å²) in [4.78, 5) is 12.6. The lowest BCUT2D eigenvalue weighted by molar-refractivity contribution is -0.143. The van der Waals surface area contributed by atoms with Crippen molar-refractivity contribution in [2.45, 2.75) is 38.2 Å². The van der Waals surface area contributed by atoms with Crippen molar-refractivity contribution in [3.8, 4) is 5.75 Å². The molecule has 0 aliphatic heterocycles. The molecule has 0 radical (unpaired) electrons. The van der Waals surface area contributed by atoms with Crippen molar-refractivity contribution in [3.05, 3.63) is 24.3 Å². The van der Waals surface area contributed by atoms with E-state index in [4.69, 9.17) is 9.47 Å². The molecule has 2 atom stereocenters. The summed E-state index contributed by atoms with van der Waals surface area (Å²) in [6.07, 6.45) is 3.77. The van der Waals surface area contributed by atoms with Gasteiger partial charge in [0.2, 0.25) is 0 Å². The Balaban J connectivity index is 2.08. The van der Waals surface area contributed by atoms with Crippen molar-refractivity contribution in [3.63, 3.8) is 0 Å². The van der Waals surface area contributed by atoms with Crippen LogP contribution in [-0.2, 0) is 9.53 Å². The summed E-state index contributed by atoms with van der Waals surface area (Å²) in [7, 11) is 3.25. The Morgan fingerprint density at radius 3 is 2.55 bits per heavy atom. The smallest absolute Gasteiger partial charge is 0.256 e. The highest BCUT2D eigenvalue weighted by atomic mass is 16.5. The van der Waals surface area contributed by atoms with Crippen molar-refractivity contribution in [2.75, 3.05) is 19.5 Å². The molecule has 4 nitrogen and oxygen atoms in total. The average molecular weight is 277 g/mol. The van der Waals surface area contributed by atoms with Crippen molar-refractivity contribution < 1.29 is 14.3 Å². The van der Waals surface area contributed by atoms with Gasteiger partial charge in [0, 0.05) is 12.8 Å². The molecule has 0 aromatic heterocycles. The number of nitrogens with one attached hydrogen (secondary N) is 1. The van der Waals surface area contributed by atoms with E-state index in [1.807, 2.05) is 24.3 Å². The van der Waals surface area contributed by atoms with Gasteiger partial charge in [-0.05, 0) is 49.4 Å². The van der Waals surface area contributed by atoms with E-state index in [0.717, 1.165) is 30.7 Å². The van der Waals surface area contributed by atoms with Gasteiger partial charge in [-0.25, -0.2) is 0 Å². The molecule has 1 aliphatic carbocycles. The van der Waals surface area contributed by atoms with Crippen LogP contribution in [0.2, 0.25) is 0 Å². The lowest BCUT2D eigenvalue weighted by Crippen LogP contribution is -2.47. The quantitative estimate of drug-likeness (QED) is 0.919. The van der Waals surface area contributed by atoms with Crippen LogP contribution < -0.4 is 10.1 Å². The number of methoxy groups -OCH3 is 2. The lowest BCUT2D eigenvalue weighted by atomic mass is 9.78. The normalized spacial score (nSPS) is 26.1. The fraction of sp³-hybridized carbons (Fsp3) is 0.562. The molecule has 1 N–H and O–H groups in total. The predicted molar refractivity (Wildman–Crippen MR) is 79.0 cm³/mol. The van der Waals surface area contributed by atoms with E-state index < -0.39 is 5.60 Å². The molecule has 2 rings (SSSR count). The Hall–Kier alpha value is -1.55. The van der Waals surface area contributed by atoms with Gasteiger partial charge >= 0.3 is 0 Å². The molecule has 1 saturated carbocycles. The number of hydrogen-bond acceptors (Lipinski definition) is 3. The minimum Gasteiger partial charge on any atom is -0.497 e. The summed E-state index contributed by atoms with van der Waals surface area (Å²) >= 11 is 0. The number of rotatable bonds is 4. The molecule has 1 fully saturated rings. The Morgan fingerprint density at radius 1 is 1.30 bits per heavy atom. The van der Waals surface area contributed by atoms with Gasteiger partial charge in [0.05, 0.1) is 7.11 Å². The lowest BCUT2D eigenvalue weighted by Gasteiger charge is -2.37. The molecule has 1 aliphatic rings. The maximum Gasteiger partial charge on any atom is 0.256 e. The number of carbonyl (C=O) groups excluding carboxylic acids is 1. The molecular formula is C16H23NO3. The first-order valence-corrected chi connectivity index (χ1v) is 7.10. The van der Waals surface area contributed by atoms with Gasteiger partial charge in [-0.1, -0.05) is 13.3 Å². The summed E-state index contributed by atoms with van der Waals surface area (Å²) in [5.41, 5.74) is 0.0860. The van der Waals surface area contributed by atoms with Gasteiger partial charge in [0.1, 0.15) is 11.4 Å². The van der Waals surface area contributed by atoms with E-state index in [9.17, 15) is 4.79 Å². The molecule has 0 spiro atoms. The molecule has 1 aromatic carbocycles. The first-order valence-electron chi connectivity index (χ1n) is 7.10. The summed E-state index contributed by atoms with van der Waals surface area (Å²) in [6.45, 7) is 2.17. The maximum absolute atomic E-state index is 12.6. The largest absolute Gasteiger partial charge is 0.497 e. The second-order valence-corrected chi connectivity index (χ2v) is 5.58. The van der Waals surface area contributed by atoms with Crippen LogP contribution in [0.5, 0.6) is 5.75 Å². The van der Waals surface area contributed by atoms with Crippen LogP contribution in [0.25, 0.3) is 0 Å². The number of hydrogen-bond donors (Lipinski definition) is 1. The van der Waals surface area contributed by atoms with Gasteiger partial charge in [-0.2, -0.15) is 0 Å². The summed E-state index contributed by atoms with van der Waals surface area (Å²) in [6, 6.07) is 7.34. The number of ether oxygens (including phenoxy) is 2. The van der Waals surface area contributed by atoms with Crippen LogP contribution in [0.15, 0.2) is 24.3 Å². The minimum atomic E-state index is -0.683. The van der Waals surface area contributed by atoms with E-state index in [1.165, 1.54) is 6.42 Å². The van der Waals surface area contributed by atoms with E-state index in [2.05, 4.69) is 12.2 Å². The molecule has 0 saturated heterocycles. The molecule has 0 unspecified atom stereocenters. The molecule has 4 heteroatoms. The van der Waals surface area contributed by atoms with Crippen LogP contribution >= 0.6 is 0 Å². The SMILES string of the molecule is COc1ccc(NC(=O)[C@@]2(OC)CCC[C@H](C)C2)cc1. The van der Waals surface area contributed by atoms with E-state index >= 15 is 0 Å². The number of carbonyl (C=O) groups is 1. The fourth-order valence-electron chi connectivity index (χ4n) is 2.91. The van der Waals surface area contributed by atoms with Gasteiger partial charge in [0.15, 0.2) is 0 Å². The van der Waals surface area contributed by atoms with Crippen molar-refractivity contribution >= 4 is 11.6 Å². The second kappa shape index (κ2) is 6.27. The fourth-order valence-corrected chi connectivity index (χ4v) is 2.91. The molecule has 20 heavy (non-hydrogen) atoms. The molecule has 0 bridgehead atoms. The Kier molecular flexibility index (Phi) is 4.65. The molecule has 1 amide bonds. The Labute approximate surface area is 120 Å². The monoisotopic (exact) mass is 277 g/mol. The van der Waals surface area contributed by atoms with Gasteiger partial charge in [0.25, 0.3) is 5.91 Å². The molecular weight excluding hydrogens is 254 g/mol. The molecule has 1 aromatic rings. The third-order valence-corrected chi connectivity index (χ3v) is 4.11. The zero-order chi connectivity index (χ0) is 14.6. The van der Waals surface area contributed by atoms with Crippen LogP contribution in [0.1, 0.15) is 32.6 Å².